The number of rotatable bonds is 8. The predicted molar refractivity (Wildman–Crippen MR) is 148 cm³/mol. The minimum atomic E-state index is -0.0395. The number of carbonyl (C=O) groups excluding carboxylic acids is 1. The number of hydrogen-bond acceptors (Lipinski definition) is 8. The van der Waals surface area contributed by atoms with Crippen LogP contribution in [0, 0.1) is 12.8 Å². The maximum Gasteiger partial charge on any atom is 0.311 e. The number of aromatic nitrogens is 4. The molecule has 1 aromatic carbocycles. The average Bonchev–Trinajstić information content (AvgIpc) is 3.54. The van der Waals surface area contributed by atoms with E-state index in [0.29, 0.717) is 0 Å². The Bertz CT molecular complexity index is 1450. The fraction of sp³-hybridized carbons (Fsp3) is 0.379. The zero-order chi connectivity index (χ0) is 26.1. The molecule has 3 aromatic heterocycles. The first-order valence-corrected chi connectivity index (χ1v) is 13.2. The Hall–Kier alpha value is -3.82. The van der Waals surface area contributed by atoms with Crippen LogP contribution in [0.4, 0.5) is 5.69 Å². The minimum absolute atomic E-state index is 0.00333. The highest BCUT2D eigenvalue weighted by atomic mass is 16.5. The summed E-state index contributed by atoms with van der Waals surface area (Å²) >= 11 is 0. The summed E-state index contributed by atoms with van der Waals surface area (Å²) in [6.07, 6.45) is 4.58. The van der Waals surface area contributed by atoms with Crippen LogP contribution >= 0.6 is 0 Å². The SMILES string of the molecule is Cc1cccc(-c2[nH]cnc2-c2ccc3ncc(NCCN4CC(C(=O)O[C@H]5CCN(C)C5)C4)cc3c2)n1. The lowest BCUT2D eigenvalue weighted by molar-refractivity contribution is -0.159. The van der Waals surface area contributed by atoms with E-state index in [1.54, 1.807) is 6.33 Å². The molecule has 4 aromatic rings. The number of likely N-dealkylation sites (tertiary alicyclic amines) is 2. The number of likely N-dealkylation sites (N-methyl/N-ethyl adjacent to an activating group) is 1. The summed E-state index contributed by atoms with van der Waals surface area (Å²) in [5, 5.41) is 4.53. The van der Waals surface area contributed by atoms with Crippen LogP contribution in [-0.4, -0.2) is 88.1 Å². The number of aryl methyl sites for hydroxylation is 1. The Morgan fingerprint density at radius 3 is 2.87 bits per heavy atom. The van der Waals surface area contributed by atoms with Crippen LogP contribution in [0.15, 0.2) is 55.0 Å². The van der Waals surface area contributed by atoms with Gasteiger partial charge in [-0.3, -0.25) is 19.7 Å². The van der Waals surface area contributed by atoms with Crippen LogP contribution in [0.25, 0.3) is 33.5 Å². The van der Waals surface area contributed by atoms with Crippen LogP contribution in [0.2, 0.25) is 0 Å². The number of pyridine rings is 2. The number of hydrogen-bond donors (Lipinski definition) is 2. The third-order valence-electron chi connectivity index (χ3n) is 7.42. The number of ether oxygens (including phenoxy) is 1. The lowest BCUT2D eigenvalue weighted by Gasteiger charge is -2.38. The molecule has 0 bridgehead atoms. The van der Waals surface area contributed by atoms with Gasteiger partial charge in [-0.1, -0.05) is 12.1 Å². The van der Waals surface area contributed by atoms with Crippen LogP contribution in [0.1, 0.15) is 12.1 Å². The van der Waals surface area contributed by atoms with Crippen LogP contribution in [0.3, 0.4) is 0 Å². The van der Waals surface area contributed by atoms with Gasteiger partial charge < -0.3 is 19.9 Å². The van der Waals surface area contributed by atoms with Crippen molar-refractivity contribution in [1.82, 2.24) is 29.7 Å². The van der Waals surface area contributed by atoms with Crippen molar-refractivity contribution in [2.45, 2.75) is 19.4 Å². The standard InChI is InChI=1S/C29H33N7O2/c1-19-4-3-5-26(34-19)28-27(32-18-33-28)20-6-7-25-21(12-20)13-23(14-31-25)30-9-11-36-15-22(16-36)29(37)38-24-8-10-35(2)17-24/h3-7,12-14,18,22,24,30H,8-11,15-17H2,1-2H3,(H,32,33)/t24-/m0/s1. The normalized spacial score (nSPS) is 18.5. The highest BCUT2D eigenvalue weighted by Gasteiger charge is 2.35. The van der Waals surface area contributed by atoms with Crippen molar-refractivity contribution in [2.24, 2.45) is 5.92 Å². The number of esters is 1. The number of aromatic amines is 1. The van der Waals surface area contributed by atoms with Crippen LogP contribution in [0.5, 0.6) is 0 Å². The quantitative estimate of drug-likeness (QED) is 0.347. The van der Waals surface area contributed by atoms with Gasteiger partial charge in [0.2, 0.25) is 0 Å². The molecular formula is C29H33N7O2. The van der Waals surface area contributed by atoms with E-state index in [1.807, 2.05) is 43.5 Å². The molecule has 5 heterocycles. The molecule has 9 nitrogen and oxygen atoms in total. The molecule has 6 rings (SSSR count). The largest absolute Gasteiger partial charge is 0.461 e. The molecule has 2 saturated heterocycles. The fourth-order valence-electron chi connectivity index (χ4n) is 5.28. The third-order valence-corrected chi connectivity index (χ3v) is 7.42. The average molecular weight is 512 g/mol. The Morgan fingerprint density at radius 1 is 1.16 bits per heavy atom. The molecule has 2 N–H and O–H groups in total. The predicted octanol–water partition coefficient (Wildman–Crippen LogP) is 3.59. The summed E-state index contributed by atoms with van der Waals surface area (Å²) in [6, 6.07) is 14.3. The second-order valence-electron chi connectivity index (χ2n) is 10.4. The number of imidazole rings is 1. The van der Waals surface area contributed by atoms with Gasteiger partial charge in [0.1, 0.15) is 6.10 Å². The zero-order valence-electron chi connectivity index (χ0n) is 21.9. The molecule has 0 radical (unpaired) electrons. The molecule has 9 heteroatoms. The van der Waals surface area contributed by atoms with Gasteiger partial charge in [0, 0.05) is 55.9 Å². The molecular weight excluding hydrogens is 478 g/mol. The molecule has 2 aliphatic heterocycles. The molecule has 0 amide bonds. The lowest BCUT2D eigenvalue weighted by atomic mass is 10.0. The summed E-state index contributed by atoms with van der Waals surface area (Å²) in [7, 11) is 2.06. The van der Waals surface area contributed by atoms with Gasteiger partial charge in [-0.15, -0.1) is 0 Å². The van der Waals surface area contributed by atoms with Gasteiger partial charge in [0.15, 0.2) is 0 Å². The van der Waals surface area contributed by atoms with E-state index in [2.05, 4.69) is 54.2 Å². The topological polar surface area (TPSA) is 99.3 Å². The zero-order valence-corrected chi connectivity index (χ0v) is 21.9. The number of benzene rings is 1. The van der Waals surface area contributed by atoms with Gasteiger partial charge in [0.25, 0.3) is 0 Å². The van der Waals surface area contributed by atoms with Crippen molar-refractivity contribution < 1.29 is 9.53 Å². The number of anilines is 1. The molecule has 38 heavy (non-hydrogen) atoms. The number of H-pyrrole nitrogens is 1. The fourth-order valence-corrected chi connectivity index (χ4v) is 5.28. The number of fused-ring (bicyclic) bond motifs is 1. The molecule has 196 valence electrons. The smallest absolute Gasteiger partial charge is 0.311 e. The summed E-state index contributed by atoms with van der Waals surface area (Å²) < 4.78 is 5.68. The molecule has 1 atom stereocenters. The van der Waals surface area contributed by atoms with E-state index in [9.17, 15) is 4.79 Å². The maximum atomic E-state index is 12.4. The summed E-state index contributed by atoms with van der Waals surface area (Å²) in [5.41, 5.74) is 6.53. The van der Waals surface area contributed by atoms with Crippen molar-refractivity contribution in [2.75, 3.05) is 51.6 Å². The highest BCUT2D eigenvalue weighted by Crippen LogP contribution is 2.30. The van der Waals surface area contributed by atoms with E-state index in [0.717, 1.165) is 90.6 Å². The van der Waals surface area contributed by atoms with Gasteiger partial charge in [-0.25, -0.2) is 4.98 Å². The number of nitrogens with zero attached hydrogens (tertiary/aromatic N) is 5. The second kappa shape index (κ2) is 10.5. The van der Waals surface area contributed by atoms with Crippen LogP contribution < -0.4 is 5.32 Å². The van der Waals surface area contributed by atoms with E-state index in [-0.39, 0.29) is 18.0 Å². The Balaban J connectivity index is 1.05. The van der Waals surface area contributed by atoms with Crippen molar-refractivity contribution in [3.8, 4) is 22.6 Å². The van der Waals surface area contributed by atoms with Crippen molar-refractivity contribution >= 4 is 22.6 Å². The van der Waals surface area contributed by atoms with Crippen molar-refractivity contribution in [3.63, 3.8) is 0 Å². The Morgan fingerprint density at radius 2 is 2.05 bits per heavy atom. The van der Waals surface area contributed by atoms with E-state index in [4.69, 9.17) is 4.74 Å². The number of nitrogens with one attached hydrogen (secondary N) is 2. The van der Waals surface area contributed by atoms with Gasteiger partial charge in [-0.2, -0.15) is 0 Å². The minimum Gasteiger partial charge on any atom is -0.461 e. The lowest BCUT2D eigenvalue weighted by Crippen LogP contribution is -2.52. The first kappa shape index (κ1) is 24.5. The van der Waals surface area contributed by atoms with E-state index in [1.165, 1.54) is 0 Å². The van der Waals surface area contributed by atoms with Crippen molar-refractivity contribution in [3.05, 3.63) is 60.7 Å². The molecule has 0 aliphatic carbocycles. The monoisotopic (exact) mass is 511 g/mol. The number of carbonyl (C=O) groups is 1. The molecule has 0 saturated carbocycles. The Labute approximate surface area is 222 Å². The molecule has 2 aliphatic rings. The first-order chi connectivity index (χ1) is 18.5. The van der Waals surface area contributed by atoms with Crippen LogP contribution in [-0.2, 0) is 9.53 Å². The Kier molecular flexibility index (Phi) is 6.78. The molecule has 0 spiro atoms. The summed E-state index contributed by atoms with van der Waals surface area (Å²) in [4.78, 5) is 34.0. The van der Waals surface area contributed by atoms with E-state index >= 15 is 0 Å². The molecule has 0 unspecified atom stereocenters. The highest BCUT2D eigenvalue weighted by molar-refractivity contribution is 5.88. The van der Waals surface area contributed by atoms with Crippen molar-refractivity contribution in [1.29, 1.82) is 0 Å². The van der Waals surface area contributed by atoms with Gasteiger partial charge in [-0.05, 0) is 50.7 Å². The first-order valence-electron chi connectivity index (χ1n) is 13.2. The van der Waals surface area contributed by atoms with Gasteiger partial charge >= 0.3 is 5.97 Å². The third kappa shape index (κ3) is 5.25. The molecule has 2 fully saturated rings. The van der Waals surface area contributed by atoms with Gasteiger partial charge in [0.05, 0.1) is 46.7 Å². The van der Waals surface area contributed by atoms with E-state index < -0.39 is 0 Å². The summed E-state index contributed by atoms with van der Waals surface area (Å²) in [6.45, 7) is 7.02. The maximum absolute atomic E-state index is 12.4. The second-order valence-corrected chi connectivity index (χ2v) is 10.4. The summed E-state index contributed by atoms with van der Waals surface area (Å²) in [5.74, 6) is -0.0362.